The van der Waals surface area contributed by atoms with Gasteiger partial charge in [-0.1, -0.05) is 6.07 Å². The van der Waals surface area contributed by atoms with Gasteiger partial charge in [-0.25, -0.2) is 15.0 Å². The summed E-state index contributed by atoms with van der Waals surface area (Å²) < 4.78 is 18.8. The highest BCUT2D eigenvalue weighted by Crippen LogP contribution is 2.16. The number of amides is 2. The summed E-state index contributed by atoms with van der Waals surface area (Å²) in [6.45, 7) is 5.17. The van der Waals surface area contributed by atoms with E-state index in [2.05, 4.69) is 5.32 Å². The highest BCUT2D eigenvalue weighted by Gasteiger charge is 2.16. The maximum absolute atomic E-state index is 13.7. The number of hydrogen-bond donors (Lipinski definition) is 3. The minimum Gasteiger partial charge on any atom is -0.444 e. The van der Waals surface area contributed by atoms with Crippen LogP contribution in [-0.4, -0.2) is 17.6 Å². The standard InChI is InChI=1S/C13H18FN3O3/c1-13(2,3)20-12(19)16-9-5-4-8(10(14)7-9)6-11(18)17-15/h4-5,7H,6,15H2,1-3H3,(H,16,19)(H,17,18). The van der Waals surface area contributed by atoms with Gasteiger partial charge in [0.25, 0.3) is 0 Å². The van der Waals surface area contributed by atoms with E-state index >= 15 is 0 Å². The molecule has 0 aliphatic rings. The molecule has 0 unspecified atom stereocenters. The molecule has 0 bridgehead atoms. The number of carbonyl (C=O) groups excluding carboxylic acids is 2. The van der Waals surface area contributed by atoms with Crippen LogP contribution in [0.2, 0.25) is 0 Å². The SMILES string of the molecule is CC(C)(C)OC(=O)Nc1ccc(CC(=O)NN)c(F)c1. The summed E-state index contributed by atoms with van der Waals surface area (Å²) >= 11 is 0. The van der Waals surface area contributed by atoms with Crippen LogP contribution in [-0.2, 0) is 16.0 Å². The summed E-state index contributed by atoms with van der Waals surface area (Å²) in [5, 5.41) is 2.41. The maximum atomic E-state index is 13.7. The number of halogens is 1. The van der Waals surface area contributed by atoms with E-state index in [1.165, 1.54) is 12.1 Å². The fraction of sp³-hybridized carbons (Fsp3) is 0.385. The lowest BCUT2D eigenvalue weighted by Crippen LogP contribution is -2.31. The molecule has 0 saturated heterocycles. The van der Waals surface area contributed by atoms with E-state index in [1.807, 2.05) is 5.43 Å². The van der Waals surface area contributed by atoms with Crippen molar-refractivity contribution in [2.75, 3.05) is 5.32 Å². The zero-order valence-electron chi connectivity index (χ0n) is 11.6. The number of carbonyl (C=O) groups is 2. The van der Waals surface area contributed by atoms with E-state index in [9.17, 15) is 14.0 Å². The van der Waals surface area contributed by atoms with Crippen LogP contribution in [0, 0.1) is 5.82 Å². The lowest BCUT2D eigenvalue weighted by Gasteiger charge is -2.19. The van der Waals surface area contributed by atoms with Gasteiger partial charge < -0.3 is 4.74 Å². The van der Waals surface area contributed by atoms with Gasteiger partial charge in [-0.15, -0.1) is 0 Å². The van der Waals surface area contributed by atoms with Crippen molar-refractivity contribution in [2.24, 2.45) is 5.84 Å². The van der Waals surface area contributed by atoms with Gasteiger partial charge in [-0.3, -0.25) is 15.5 Å². The van der Waals surface area contributed by atoms with Crippen molar-refractivity contribution >= 4 is 17.7 Å². The molecule has 7 heteroatoms. The van der Waals surface area contributed by atoms with Crippen molar-refractivity contribution in [1.82, 2.24) is 5.43 Å². The van der Waals surface area contributed by atoms with E-state index in [-0.39, 0.29) is 17.7 Å². The second kappa shape index (κ2) is 6.33. The maximum Gasteiger partial charge on any atom is 0.412 e. The second-order valence-electron chi connectivity index (χ2n) is 5.18. The van der Waals surface area contributed by atoms with Crippen LogP contribution in [0.3, 0.4) is 0 Å². The number of rotatable bonds is 3. The molecule has 0 fully saturated rings. The Morgan fingerprint density at radius 3 is 2.50 bits per heavy atom. The van der Waals surface area contributed by atoms with Crippen molar-refractivity contribution in [3.63, 3.8) is 0 Å². The molecule has 20 heavy (non-hydrogen) atoms. The summed E-state index contributed by atoms with van der Waals surface area (Å²) in [4.78, 5) is 22.6. The number of anilines is 1. The number of hydrogen-bond acceptors (Lipinski definition) is 4. The van der Waals surface area contributed by atoms with Crippen LogP contribution in [0.25, 0.3) is 0 Å². The molecule has 0 atom stereocenters. The Hall–Kier alpha value is -2.15. The first-order chi connectivity index (χ1) is 9.21. The molecule has 6 nitrogen and oxygen atoms in total. The van der Waals surface area contributed by atoms with Crippen LogP contribution in [0.1, 0.15) is 26.3 Å². The molecular weight excluding hydrogens is 265 g/mol. The van der Waals surface area contributed by atoms with Crippen molar-refractivity contribution < 1.29 is 18.7 Å². The zero-order chi connectivity index (χ0) is 15.3. The lowest BCUT2D eigenvalue weighted by atomic mass is 10.1. The summed E-state index contributed by atoms with van der Waals surface area (Å²) in [5.74, 6) is 3.82. The predicted molar refractivity (Wildman–Crippen MR) is 72.3 cm³/mol. The van der Waals surface area contributed by atoms with Gasteiger partial charge in [0.2, 0.25) is 5.91 Å². The average Bonchev–Trinajstić information content (AvgIpc) is 2.29. The second-order valence-corrected chi connectivity index (χ2v) is 5.18. The number of hydrazine groups is 1. The summed E-state index contributed by atoms with van der Waals surface area (Å²) in [5.41, 5.74) is 1.71. The van der Waals surface area contributed by atoms with Crippen LogP contribution in [0.4, 0.5) is 14.9 Å². The molecule has 0 aliphatic carbocycles. The Kier molecular flexibility index (Phi) is 5.04. The largest absolute Gasteiger partial charge is 0.444 e. The van der Waals surface area contributed by atoms with Crippen LogP contribution in [0.15, 0.2) is 18.2 Å². The third-order valence-electron chi connectivity index (χ3n) is 2.21. The summed E-state index contributed by atoms with van der Waals surface area (Å²) in [6.07, 6.45) is -0.848. The third-order valence-corrected chi connectivity index (χ3v) is 2.21. The molecule has 0 radical (unpaired) electrons. The Labute approximate surface area is 116 Å². The first kappa shape index (κ1) is 15.9. The first-order valence-corrected chi connectivity index (χ1v) is 5.99. The molecule has 0 aliphatic heterocycles. The van der Waals surface area contributed by atoms with Crippen molar-refractivity contribution in [3.05, 3.63) is 29.6 Å². The molecule has 1 aromatic rings. The van der Waals surface area contributed by atoms with Gasteiger partial charge >= 0.3 is 6.09 Å². The number of nitrogens with one attached hydrogen (secondary N) is 2. The Bertz CT molecular complexity index is 512. The summed E-state index contributed by atoms with van der Waals surface area (Å²) in [7, 11) is 0. The van der Waals surface area contributed by atoms with E-state index < -0.39 is 23.4 Å². The Balaban J connectivity index is 2.72. The minimum atomic E-state index is -0.677. The molecule has 0 spiro atoms. The zero-order valence-corrected chi connectivity index (χ0v) is 11.6. The molecular formula is C13H18FN3O3. The Morgan fingerprint density at radius 1 is 1.35 bits per heavy atom. The van der Waals surface area contributed by atoms with Gasteiger partial charge in [0.1, 0.15) is 11.4 Å². The van der Waals surface area contributed by atoms with E-state index in [1.54, 1.807) is 20.8 Å². The highest BCUT2D eigenvalue weighted by molar-refractivity contribution is 5.85. The molecule has 4 N–H and O–H groups in total. The molecule has 1 aromatic carbocycles. The molecule has 0 saturated carbocycles. The van der Waals surface area contributed by atoms with Crippen LogP contribution in [0.5, 0.6) is 0 Å². The molecule has 0 aromatic heterocycles. The van der Waals surface area contributed by atoms with Crippen molar-refractivity contribution in [1.29, 1.82) is 0 Å². The fourth-order valence-corrected chi connectivity index (χ4v) is 1.41. The molecule has 0 heterocycles. The Morgan fingerprint density at radius 2 is 2.00 bits per heavy atom. The smallest absolute Gasteiger partial charge is 0.412 e. The van der Waals surface area contributed by atoms with Crippen molar-refractivity contribution in [3.8, 4) is 0 Å². The normalized spacial score (nSPS) is 10.8. The molecule has 2 amide bonds. The predicted octanol–water partition coefficient (Wildman–Crippen LogP) is 1.71. The summed E-state index contributed by atoms with van der Waals surface area (Å²) in [6, 6.07) is 3.99. The van der Waals surface area contributed by atoms with E-state index in [0.29, 0.717) is 0 Å². The molecule has 110 valence electrons. The number of nitrogens with two attached hydrogens (primary N) is 1. The van der Waals surface area contributed by atoms with Gasteiger partial charge in [-0.05, 0) is 38.5 Å². The molecule has 1 rings (SSSR count). The van der Waals surface area contributed by atoms with Gasteiger partial charge in [0.15, 0.2) is 0 Å². The first-order valence-electron chi connectivity index (χ1n) is 5.99. The van der Waals surface area contributed by atoms with Crippen molar-refractivity contribution in [2.45, 2.75) is 32.8 Å². The van der Waals surface area contributed by atoms with Gasteiger partial charge in [0, 0.05) is 5.69 Å². The quantitative estimate of drug-likeness (QED) is 0.447. The van der Waals surface area contributed by atoms with Gasteiger partial charge in [0.05, 0.1) is 6.42 Å². The minimum absolute atomic E-state index is 0.172. The number of benzene rings is 1. The topological polar surface area (TPSA) is 93.4 Å². The van der Waals surface area contributed by atoms with Gasteiger partial charge in [-0.2, -0.15) is 0 Å². The van der Waals surface area contributed by atoms with E-state index in [0.717, 1.165) is 6.07 Å². The van der Waals surface area contributed by atoms with Crippen LogP contribution >= 0.6 is 0 Å². The number of ether oxygens (including phenoxy) is 1. The van der Waals surface area contributed by atoms with E-state index in [4.69, 9.17) is 10.6 Å². The monoisotopic (exact) mass is 283 g/mol. The third kappa shape index (κ3) is 5.23. The fourth-order valence-electron chi connectivity index (χ4n) is 1.41. The van der Waals surface area contributed by atoms with Crippen LogP contribution < -0.4 is 16.6 Å². The highest BCUT2D eigenvalue weighted by atomic mass is 19.1. The average molecular weight is 283 g/mol. The lowest BCUT2D eigenvalue weighted by molar-refractivity contribution is -0.120.